The average molecular weight is 461 g/mol. The fraction of sp³-hybridized carbons (Fsp3) is 0.455. The van der Waals surface area contributed by atoms with Crippen LogP contribution in [0.4, 0.5) is 0 Å². The molecule has 0 aromatic heterocycles. The minimum Gasteiger partial charge on any atom is -0.458 e. The second-order valence-corrected chi connectivity index (χ2v) is 7.70. The number of carbonyl (C=O) groups is 6. The Labute approximate surface area is 188 Å². The summed E-state index contributed by atoms with van der Waals surface area (Å²) in [5.41, 5.74) is 0.304. The van der Waals surface area contributed by atoms with E-state index in [0.29, 0.717) is 0 Å². The molecule has 33 heavy (non-hydrogen) atoms. The highest BCUT2D eigenvalue weighted by atomic mass is 16.6. The van der Waals surface area contributed by atoms with E-state index in [4.69, 9.17) is 18.9 Å². The predicted octanol–water partition coefficient (Wildman–Crippen LogP) is 0.782. The lowest BCUT2D eigenvalue weighted by atomic mass is 9.83. The van der Waals surface area contributed by atoms with E-state index in [1.165, 1.54) is 12.1 Å². The molecule has 1 saturated carbocycles. The maximum absolute atomic E-state index is 13.1. The van der Waals surface area contributed by atoms with Gasteiger partial charge in [0, 0.05) is 34.1 Å². The monoisotopic (exact) mass is 461 g/mol. The molecule has 2 aliphatic rings. The number of amides is 2. The first-order chi connectivity index (χ1) is 15.5. The van der Waals surface area contributed by atoms with Gasteiger partial charge in [-0.05, 0) is 12.1 Å². The van der Waals surface area contributed by atoms with Crippen LogP contribution in [0.1, 0.15) is 54.8 Å². The topological polar surface area (TPSA) is 143 Å². The molecule has 0 radical (unpaired) electrons. The highest BCUT2D eigenvalue weighted by Gasteiger charge is 2.57. The molecule has 1 unspecified atom stereocenters. The van der Waals surface area contributed by atoms with Crippen LogP contribution >= 0.6 is 0 Å². The van der Waals surface area contributed by atoms with Crippen molar-refractivity contribution in [2.75, 3.05) is 0 Å². The lowest BCUT2D eigenvalue weighted by molar-refractivity contribution is -0.216. The Balaban J connectivity index is 2.10. The maximum atomic E-state index is 13.1. The first-order valence-electron chi connectivity index (χ1n) is 10.2. The van der Waals surface area contributed by atoms with Crippen molar-refractivity contribution < 1.29 is 47.7 Å². The molecule has 0 spiro atoms. The van der Waals surface area contributed by atoms with E-state index >= 15 is 0 Å². The average Bonchev–Trinajstić information content (AvgIpc) is 2.96. The van der Waals surface area contributed by atoms with Crippen molar-refractivity contribution >= 4 is 35.7 Å². The van der Waals surface area contributed by atoms with Crippen LogP contribution in [0, 0.1) is 0 Å². The predicted molar refractivity (Wildman–Crippen MR) is 108 cm³/mol. The van der Waals surface area contributed by atoms with E-state index in [0.717, 1.165) is 32.6 Å². The summed E-state index contributed by atoms with van der Waals surface area (Å²) in [5.74, 6) is -4.38. The largest absolute Gasteiger partial charge is 0.458 e. The molecule has 1 aromatic carbocycles. The van der Waals surface area contributed by atoms with Gasteiger partial charge in [0.1, 0.15) is 6.10 Å². The summed E-state index contributed by atoms with van der Waals surface area (Å²) in [7, 11) is 0. The fourth-order valence-corrected chi connectivity index (χ4v) is 4.21. The standard InChI is InChI=1S/C22H23NO10/c1-10(24)30-17-9-16(23-21(28)14-7-5-6-8-15(14)22(23)29)18(31-11(2)25)20(33-13(4)27)19(17)32-12(3)26/h5-8,16-20H,9H2,1-4H3/t16-,17-,18+,19-,20?/m1/s1. The maximum Gasteiger partial charge on any atom is 0.303 e. The molecule has 2 amide bonds. The molecule has 11 nitrogen and oxygen atoms in total. The molecule has 0 saturated heterocycles. The molecule has 11 heteroatoms. The van der Waals surface area contributed by atoms with Gasteiger partial charge in [-0.3, -0.25) is 33.7 Å². The summed E-state index contributed by atoms with van der Waals surface area (Å²) in [4.78, 5) is 74.5. The molecule has 0 N–H and O–H groups in total. The van der Waals surface area contributed by atoms with Crippen molar-refractivity contribution in [2.45, 2.75) is 64.6 Å². The quantitative estimate of drug-likeness (QED) is 0.351. The zero-order valence-electron chi connectivity index (χ0n) is 18.4. The van der Waals surface area contributed by atoms with Crippen molar-refractivity contribution in [1.29, 1.82) is 0 Å². The Morgan fingerprint density at radius 1 is 0.697 bits per heavy atom. The molecule has 5 atom stereocenters. The molecule has 0 bridgehead atoms. The third kappa shape index (κ3) is 4.86. The van der Waals surface area contributed by atoms with Crippen LogP contribution in [0.15, 0.2) is 24.3 Å². The minimum atomic E-state index is -1.46. The molecule has 1 aromatic rings. The summed E-state index contributed by atoms with van der Waals surface area (Å²) < 4.78 is 21.3. The van der Waals surface area contributed by atoms with E-state index in [2.05, 4.69) is 0 Å². The van der Waals surface area contributed by atoms with Crippen LogP contribution in [0.25, 0.3) is 0 Å². The van der Waals surface area contributed by atoms with Crippen LogP contribution in [0.2, 0.25) is 0 Å². The lowest BCUT2D eigenvalue weighted by Gasteiger charge is -2.46. The third-order valence-electron chi connectivity index (χ3n) is 5.25. The van der Waals surface area contributed by atoms with Crippen LogP contribution in [-0.2, 0) is 38.1 Å². The number of nitrogens with zero attached hydrogens (tertiary/aromatic N) is 1. The highest BCUT2D eigenvalue weighted by molar-refractivity contribution is 6.21. The van der Waals surface area contributed by atoms with Gasteiger partial charge in [-0.2, -0.15) is 0 Å². The molecule has 3 rings (SSSR count). The van der Waals surface area contributed by atoms with E-state index < -0.39 is 66.1 Å². The van der Waals surface area contributed by atoms with Crippen molar-refractivity contribution in [3.63, 3.8) is 0 Å². The zero-order chi connectivity index (χ0) is 24.4. The van der Waals surface area contributed by atoms with Gasteiger partial charge < -0.3 is 18.9 Å². The molecular formula is C22H23NO10. The second-order valence-electron chi connectivity index (χ2n) is 7.70. The van der Waals surface area contributed by atoms with Gasteiger partial charge in [0.2, 0.25) is 0 Å². The fourth-order valence-electron chi connectivity index (χ4n) is 4.21. The van der Waals surface area contributed by atoms with Gasteiger partial charge in [0.05, 0.1) is 17.2 Å². The van der Waals surface area contributed by atoms with Crippen LogP contribution < -0.4 is 0 Å². The summed E-state index contributed by atoms with van der Waals surface area (Å²) >= 11 is 0. The molecule has 1 aliphatic carbocycles. The Hall–Kier alpha value is -3.76. The molecule has 1 heterocycles. The Kier molecular flexibility index (Phi) is 6.80. The molecule has 1 aliphatic heterocycles. The van der Waals surface area contributed by atoms with Crippen LogP contribution in [0.5, 0.6) is 0 Å². The second kappa shape index (κ2) is 9.39. The van der Waals surface area contributed by atoms with Crippen LogP contribution in [-0.4, -0.2) is 71.0 Å². The van der Waals surface area contributed by atoms with Gasteiger partial charge in [-0.1, -0.05) is 12.1 Å². The van der Waals surface area contributed by atoms with Crippen LogP contribution in [0.3, 0.4) is 0 Å². The van der Waals surface area contributed by atoms with Gasteiger partial charge in [-0.25, -0.2) is 0 Å². The first kappa shape index (κ1) is 23.9. The third-order valence-corrected chi connectivity index (χ3v) is 5.25. The number of fused-ring (bicyclic) bond motifs is 1. The molecule has 1 fully saturated rings. The number of benzene rings is 1. The normalized spacial score (nSPS) is 26.3. The van der Waals surface area contributed by atoms with E-state index in [1.807, 2.05) is 0 Å². The van der Waals surface area contributed by atoms with Gasteiger partial charge in [0.15, 0.2) is 18.3 Å². The summed E-state index contributed by atoms with van der Waals surface area (Å²) in [5, 5.41) is 0. The van der Waals surface area contributed by atoms with Crippen molar-refractivity contribution in [3.8, 4) is 0 Å². The molecule has 176 valence electrons. The Morgan fingerprint density at radius 3 is 1.58 bits per heavy atom. The summed E-state index contributed by atoms with van der Waals surface area (Å²) in [6.45, 7) is 4.42. The zero-order valence-corrected chi connectivity index (χ0v) is 18.4. The lowest BCUT2D eigenvalue weighted by Crippen LogP contribution is -2.65. The smallest absolute Gasteiger partial charge is 0.303 e. The van der Waals surface area contributed by atoms with E-state index in [-0.39, 0.29) is 17.5 Å². The van der Waals surface area contributed by atoms with Crippen molar-refractivity contribution in [2.24, 2.45) is 0 Å². The number of ether oxygens (including phenoxy) is 4. The number of carbonyl (C=O) groups excluding carboxylic acids is 6. The number of hydrogen-bond donors (Lipinski definition) is 0. The Morgan fingerprint density at radius 2 is 1.12 bits per heavy atom. The molecular weight excluding hydrogens is 438 g/mol. The van der Waals surface area contributed by atoms with E-state index in [1.54, 1.807) is 12.1 Å². The van der Waals surface area contributed by atoms with Gasteiger partial charge >= 0.3 is 23.9 Å². The van der Waals surface area contributed by atoms with Crippen molar-refractivity contribution in [1.82, 2.24) is 4.90 Å². The highest BCUT2D eigenvalue weighted by Crippen LogP contribution is 2.36. The number of esters is 4. The SMILES string of the molecule is CC(=O)OC1[C@@H](OC(C)=O)[C@H](N2C(=O)c3ccccc3C2=O)C[C@@H](OC(C)=O)[C@H]1OC(C)=O. The Bertz CT molecular complexity index is 983. The number of imide groups is 1. The van der Waals surface area contributed by atoms with Gasteiger partial charge in [0.25, 0.3) is 11.8 Å². The number of hydrogen-bond acceptors (Lipinski definition) is 10. The van der Waals surface area contributed by atoms with E-state index in [9.17, 15) is 28.8 Å². The van der Waals surface area contributed by atoms with Gasteiger partial charge in [-0.15, -0.1) is 0 Å². The number of rotatable bonds is 5. The van der Waals surface area contributed by atoms with Crippen molar-refractivity contribution in [3.05, 3.63) is 35.4 Å². The first-order valence-corrected chi connectivity index (χ1v) is 10.2. The summed E-state index contributed by atoms with van der Waals surface area (Å²) in [6, 6.07) is 4.97. The summed E-state index contributed by atoms with van der Waals surface area (Å²) in [6.07, 6.45) is -5.60. The minimum absolute atomic E-state index is 0.152.